The van der Waals surface area contributed by atoms with Gasteiger partial charge in [-0.05, 0) is 55.5 Å². The van der Waals surface area contributed by atoms with Gasteiger partial charge in [0.05, 0.1) is 5.52 Å². The summed E-state index contributed by atoms with van der Waals surface area (Å²) in [5, 5.41) is 0. The van der Waals surface area contributed by atoms with Gasteiger partial charge in [0, 0.05) is 25.0 Å². The normalized spacial score (nSPS) is 17.1. The van der Waals surface area contributed by atoms with E-state index in [1.165, 1.54) is 10.1 Å². The van der Waals surface area contributed by atoms with Crippen LogP contribution in [0.4, 0.5) is 0 Å². The highest BCUT2D eigenvalue weighted by atomic mass is 16.4. The molecule has 0 N–H and O–H groups in total. The summed E-state index contributed by atoms with van der Waals surface area (Å²) >= 11 is 0. The lowest BCUT2D eigenvalue weighted by molar-refractivity contribution is -0.132. The van der Waals surface area contributed by atoms with Crippen LogP contribution in [0.3, 0.4) is 0 Å². The third-order valence-corrected chi connectivity index (χ3v) is 5.08. The molecule has 6 nitrogen and oxygen atoms in total. The Morgan fingerprint density at radius 3 is 2.85 bits per heavy atom. The zero-order valence-electron chi connectivity index (χ0n) is 14.5. The van der Waals surface area contributed by atoms with E-state index in [4.69, 9.17) is 4.42 Å². The lowest BCUT2D eigenvalue weighted by Gasteiger charge is -2.25. The zero-order chi connectivity index (χ0) is 17.9. The smallest absolute Gasteiger partial charge is 0.408 e. The monoisotopic (exact) mass is 351 g/mol. The second kappa shape index (κ2) is 7.15. The van der Waals surface area contributed by atoms with Crippen molar-refractivity contribution in [3.63, 3.8) is 0 Å². The Morgan fingerprint density at radius 2 is 2.00 bits per heavy atom. The Bertz CT molecular complexity index is 961. The van der Waals surface area contributed by atoms with E-state index in [1.807, 2.05) is 29.2 Å². The van der Waals surface area contributed by atoms with E-state index in [9.17, 15) is 9.59 Å². The van der Waals surface area contributed by atoms with Crippen LogP contribution in [0.5, 0.6) is 0 Å². The number of oxazole rings is 1. The fourth-order valence-electron chi connectivity index (χ4n) is 3.74. The molecule has 1 saturated heterocycles. The van der Waals surface area contributed by atoms with Crippen molar-refractivity contribution in [2.24, 2.45) is 0 Å². The van der Waals surface area contributed by atoms with E-state index >= 15 is 0 Å². The average Bonchev–Trinajstić information content (AvgIpc) is 3.26. The number of fused-ring (bicyclic) bond motifs is 1. The molecule has 0 unspecified atom stereocenters. The molecule has 3 aromatic rings. The number of aryl methyl sites for hydroxylation is 1. The highest BCUT2D eigenvalue weighted by molar-refractivity contribution is 5.80. The number of hydrogen-bond acceptors (Lipinski definition) is 4. The van der Waals surface area contributed by atoms with Crippen molar-refractivity contribution in [1.82, 2.24) is 14.5 Å². The van der Waals surface area contributed by atoms with E-state index in [2.05, 4.69) is 4.98 Å². The van der Waals surface area contributed by atoms with Gasteiger partial charge in [0.15, 0.2) is 5.58 Å². The summed E-state index contributed by atoms with van der Waals surface area (Å²) in [4.78, 5) is 30.9. The van der Waals surface area contributed by atoms with Crippen molar-refractivity contribution in [2.75, 3.05) is 6.54 Å². The molecule has 0 radical (unpaired) electrons. The highest BCUT2D eigenvalue weighted by Crippen LogP contribution is 2.23. The first-order chi connectivity index (χ1) is 12.7. The molecule has 0 spiro atoms. The van der Waals surface area contributed by atoms with Crippen molar-refractivity contribution in [3.05, 3.63) is 64.9 Å². The number of rotatable bonds is 5. The van der Waals surface area contributed by atoms with Gasteiger partial charge in [0.25, 0.3) is 0 Å². The van der Waals surface area contributed by atoms with Crippen LogP contribution in [-0.4, -0.2) is 32.9 Å². The van der Waals surface area contributed by atoms with Crippen LogP contribution in [0.15, 0.2) is 58.0 Å². The molecule has 1 fully saturated rings. The first-order valence-corrected chi connectivity index (χ1v) is 8.99. The molecule has 4 rings (SSSR count). The van der Waals surface area contributed by atoms with Gasteiger partial charge >= 0.3 is 5.76 Å². The molecule has 1 amide bonds. The predicted octanol–water partition coefficient (Wildman–Crippen LogP) is 2.61. The van der Waals surface area contributed by atoms with Crippen molar-refractivity contribution in [2.45, 2.75) is 38.3 Å². The van der Waals surface area contributed by atoms with Crippen molar-refractivity contribution in [3.8, 4) is 0 Å². The molecule has 0 saturated carbocycles. The van der Waals surface area contributed by atoms with Crippen molar-refractivity contribution >= 4 is 17.0 Å². The molecular weight excluding hydrogens is 330 g/mol. The maximum atomic E-state index is 12.8. The largest absolute Gasteiger partial charge is 0.420 e. The Balaban J connectivity index is 1.46. The van der Waals surface area contributed by atoms with Gasteiger partial charge < -0.3 is 9.32 Å². The lowest BCUT2D eigenvalue weighted by Crippen LogP contribution is -2.39. The molecule has 3 heterocycles. The molecular formula is C20H21N3O3. The minimum absolute atomic E-state index is 0.0177. The number of para-hydroxylation sites is 2. The van der Waals surface area contributed by atoms with Gasteiger partial charge in [0.2, 0.25) is 5.91 Å². The average molecular weight is 351 g/mol. The summed E-state index contributed by atoms with van der Waals surface area (Å²) < 4.78 is 6.65. The predicted molar refractivity (Wildman–Crippen MR) is 97.8 cm³/mol. The van der Waals surface area contributed by atoms with E-state index in [-0.39, 0.29) is 18.5 Å². The molecule has 6 heteroatoms. The maximum Gasteiger partial charge on any atom is 0.420 e. The fourth-order valence-corrected chi connectivity index (χ4v) is 3.74. The zero-order valence-corrected chi connectivity index (χ0v) is 14.5. The number of carbonyl (C=O) groups is 1. The fraction of sp³-hybridized carbons (Fsp3) is 0.350. The van der Waals surface area contributed by atoms with Gasteiger partial charge in [0.1, 0.15) is 6.54 Å². The molecule has 1 aromatic carbocycles. The van der Waals surface area contributed by atoms with Gasteiger partial charge in [-0.15, -0.1) is 0 Å². The molecule has 1 aliphatic rings. The second-order valence-corrected chi connectivity index (χ2v) is 6.70. The molecule has 0 bridgehead atoms. The minimum Gasteiger partial charge on any atom is -0.408 e. The number of likely N-dealkylation sites (tertiary alicyclic amines) is 1. The quantitative estimate of drug-likeness (QED) is 0.709. The Labute approximate surface area is 151 Å². The van der Waals surface area contributed by atoms with E-state index in [0.717, 1.165) is 32.2 Å². The minimum atomic E-state index is -0.480. The number of benzene rings is 1. The number of amides is 1. The van der Waals surface area contributed by atoms with E-state index in [0.29, 0.717) is 11.1 Å². The Kier molecular flexibility index (Phi) is 4.56. The van der Waals surface area contributed by atoms with Gasteiger partial charge in [-0.2, -0.15) is 0 Å². The summed E-state index contributed by atoms with van der Waals surface area (Å²) in [5.74, 6) is -0.497. The topological polar surface area (TPSA) is 68.3 Å². The van der Waals surface area contributed by atoms with Crippen LogP contribution < -0.4 is 5.76 Å². The van der Waals surface area contributed by atoms with Crippen LogP contribution in [0.1, 0.15) is 24.8 Å². The van der Waals surface area contributed by atoms with Gasteiger partial charge in [-0.1, -0.05) is 12.1 Å². The number of aromatic nitrogens is 2. The van der Waals surface area contributed by atoms with Crippen LogP contribution in [0.2, 0.25) is 0 Å². The molecule has 26 heavy (non-hydrogen) atoms. The summed E-state index contributed by atoms with van der Waals surface area (Å²) in [6.45, 7) is 0.784. The first-order valence-electron chi connectivity index (χ1n) is 8.99. The third-order valence-electron chi connectivity index (χ3n) is 5.08. The lowest BCUT2D eigenvalue weighted by atomic mass is 10.0. The summed E-state index contributed by atoms with van der Waals surface area (Å²) in [6.07, 6.45) is 7.46. The summed E-state index contributed by atoms with van der Waals surface area (Å²) in [7, 11) is 0. The van der Waals surface area contributed by atoms with Gasteiger partial charge in [-0.25, -0.2) is 4.79 Å². The van der Waals surface area contributed by atoms with E-state index < -0.39 is 5.76 Å². The molecule has 0 aliphatic carbocycles. The third kappa shape index (κ3) is 3.27. The van der Waals surface area contributed by atoms with Crippen LogP contribution >= 0.6 is 0 Å². The van der Waals surface area contributed by atoms with E-state index in [1.54, 1.807) is 24.5 Å². The number of nitrogens with zero attached hydrogens (tertiary/aromatic N) is 3. The summed E-state index contributed by atoms with van der Waals surface area (Å²) in [6, 6.07) is 11.4. The number of hydrogen-bond donors (Lipinski definition) is 0. The summed E-state index contributed by atoms with van der Waals surface area (Å²) in [5.41, 5.74) is 2.41. The first kappa shape index (κ1) is 16.6. The Hall–Kier alpha value is -2.89. The van der Waals surface area contributed by atoms with Crippen molar-refractivity contribution < 1.29 is 9.21 Å². The number of pyridine rings is 1. The van der Waals surface area contributed by atoms with Crippen LogP contribution in [0.25, 0.3) is 11.1 Å². The molecule has 1 atom stereocenters. The standard InChI is InChI=1S/C20H21N3O3/c24-19(14-23-17-5-1-2-6-18(17)26-20(23)25)22-13-3-4-16(22)8-7-15-9-11-21-12-10-15/h1-2,5-6,9-12,16H,3-4,7-8,13-14H2/t16-/m1/s1. The molecule has 134 valence electrons. The van der Waals surface area contributed by atoms with Gasteiger partial charge in [-0.3, -0.25) is 14.3 Å². The maximum absolute atomic E-state index is 12.8. The van der Waals surface area contributed by atoms with Crippen molar-refractivity contribution in [1.29, 1.82) is 0 Å². The Morgan fingerprint density at radius 1 is 1.19 bits per heavy atom. The number of carbonyl (C=O) groups excluding carboxylic acids is 1. The highest BCUT2D eigenvalue weighted by Gasteiger charge is 2.29. The van der Waals surface area contributed by atoms with Crippen LogP contribution in [0, 0.1) is 0 Å². The molecule has 2 aromatic heterocycles. The SMILES string of the molecule is O=C(Cn1c(=O)oc2ccccc21)N1CCC[C@@H]1CCc1ccncc1. The molecule has 1 aliphatic heterocycles. The second-order valence-electron chi connectivity index (χ2n) is 6.70. The van der Waals surface area contributed by atoms with Crippen LogP contribution in [-0.2, 0) is 17.8 Å².